The second-order valence-electron chi connectivity index (χ2n) is 7.40. The summed E-state index contributed by atoms with van der Waals surface area (Å²) < 4.78 is 1.85. The maximum Gasteiger partial charge on any atom is 0.326 e. The predicted octanol–water partition coefficient (Wildman–Crippen LogP) is 3.96. The molecule has 1 aliphatic rings. The number of carbonyl (C=O) groups is 1. The van der Waals surface area contributed by atoms with E-state index in [1.54, 1.807) is 0 Å². The lowest BCUT2D eigenvalue weighted by Crippen LogP contribution is -2.40. The fraction of sp³-hybridized carbons (Fsp3) is 0.217. The van der Waals surface area contributed by atoms with Gasteiger partial charge in [0.05, 0.1) is 11.0 Å². The minimum Gasteiger partial charge on any atom is -0.338 e. The Hall–Kier alpha value is -3.34. The molecule has 5 heteroatoms. The van der Waals surface area contributed by atoms with Gasteiger partial charge >= 0.3 is 5.69 Å². The quantitative estimate of drug-likeness (QED) is 0.580. The minimum absolute atomic E-state index is 0.0653. The highest BCUT2D eigenvalue weighted by molar-refractivity contribution is 5.98. The van der Waals surface area contributed by atoms with Crippen LogP contribution >= 0.6 is 0 Å². The Morgan fingerprint density at radius 1 is 0.893 bits per heavy atom. The lowest BCUT2D eigenvalue weighted by atomic mass is 10.0. The van der Waals surface area contributed by atoms with Gasteiger partial charge in [0.1, 0.15) is 0 Å². The number of likely N-dealkylation sites (tertiary alicyclic amines) is 1. The second-order valence-corrected chi connectivity index (χ2v) is 7.40. The number of amides is 1. The van der Waals surface area contributed by atoms with E-state index in [9.17, 15) is 9.59 Å². The van der Waals surface area contributed by atoms with Crippen LogP contribution in [0.4, 0.5) is 0 Å². The van der Waals surface area contributed by atoms with E-state index >= 15 is 0 Å². The molecule has 5 nitrogen and oxygen atoms in total. The number of fused-ring (bicyclic) bond motifs is 2. The number of nitrogens with one attached hydrogen (secondary N) is 1. The number of piperidine rings is 1. The van der Waals surface area contributed by atoms with E-state index in [0.29, 0.717) is 13.1 Å². The van der Waals surface area contributed by atoms with Gasteiger partial charge in [0, 0.05) is 24.7 Å². The van der Waals surface area contributed by atoms with Gasteiger partial charge in [-0.3, -0.25) is 9.36 Å². The fourth-order valence-corrected chi connectivity index (χ4v) is 4.27. The smallest absolute Gasteiger partial charge is 0.326 e. The van der Waals surface area contributed by atoms with Gasteiger partial charge in [-0.15, -0.1) is 0 Å². The number of aromatic nitrogens is 2. The van der Waals surface area contributed by atoms with Gasteiger partial charge in [-0.25, -0.2) is 4.79 Å². The third-order valence-corrected chi connectivity index (χ3v) is 5.74. The van der Waals surface area contributed by atoms with Gasteiger partial charge in [-0.2, -0.15) is 0 Å². The topological polar surface area (TPSA) is 58.1 Å². The van der Waals surface area contributed by atoms with Crippen LogP contribution in [0, 0.1) is 0 Å². The number of para-hydroxylation sites is 2. The fourth-order valence-electron chi connectivity index (χ4n) is 4.27. The Labute approximate surface area is 162 Å². The van der Waals surface area contributed by atoms with Gasteiger partial charge in [0.25, 0.3) is 5.91 Å². The molecule has 1 aliphatic heterocycles. The monoisotopic (exact) mass is 371 g/mol. The molecular formula is C23H21N3O2. The van der Waals surface area contributed by atoms with E-state index in [1.807, 2.05) is 76.2 Å². The van der Waals surface area contributed by atoms with Crippen molar-refractivity contribution in [3.8, 4) is 0 Å². The summed E-state index contributed by atoms with van der Waals surface area (Å²) in [6.45, 7) is 1.31. The van der Waals surface area contributed by atoms with Crippen LogP contribution in [0.3, 0.4) is 0 Å². The highest BCUT2D eigenvalue weighted by Crippen LogP contribution is 2.26. The summed E-state index contributed by atoms with van der Waals surface area (Å²) in [7, 11) is 0. The zero-order valence-corrected chi connectivity index (χ0v) is 15.5. The van der Waals surface area contributed by atoms with Gasteiger partial charge in [-0.05, 0) is 47.9 Å². The number of imidazole rings is 1. The number of nitrogens with zero attached hydrogens (tertiary/aromatic N) is 2. The maximum absolute atomic E-state index is 13.0. The van der Waals surface area contributed by atoms with Crippen molar-refractivity contribution >= 4 is 27.7 Å². The number of aromatic amines is 1. The van der Waals surface area contributed by atoms with Crippen molar-refractivity contribution in [1.82, 2.24) is 14.5 Å². The molecule has 1 saturated heterocycles. The van der Waals surface area contributed by atoms with E-state index in [-0.39, 0.29) is 17.6 Å². The summed E-state index contributed by atoms with van der Waals surface area (Å²) in [5.41, 5.74) is 2.45. The van der Waals surface area contributed by atoms with Crippen LogP contribution in [-0.2, 0) is 0 Å². The van der Waals surface area contributed by atoms with Crippen molar-refractivity contribution in [2.75, 3.05) is 13.1 Å². The Morgan fingerprint density at radius 3 is 2.43 bits per heavy atom. The molecule has 0 saturated carbocycles. The Bertz CT molecular complexity index is 1230. The summed E-state index contributed by atoms with van der Waals surface area (Å²) in [5.74, 6) is 0.0653. The number of carbonyl (C=O) groups excluding carboxylic acids is 1. The highest BCUT2D eigenvalue weighted by Gasteiger charge is 2.26. The normalized spacial score (nSPS) is 15.4. The molecule has 0 bridgehead atoms. The standard InChI is InChI=1S/C23H21N3O2/c27-22(18-10-9-16-5-1-2-6-17(16)15-18)25-13-11-19(12-14-25)26-21-8-4-3-7-20(21)24-23(26)28/h1-10,15,19H,11-14H2,(H,24,28). The van der Waals surface area contributed by atoms with E-state index in [1.165, 1.54) is 0 Å². The first-order chi connectivity index (χ1) is 13.7. The van der Waals surface area contributed by atoms with Crippen LogP contribution in [0.2, 0.25) is 0 Å². The number of hydrogen-bond acceptors (Lipinski definition) is 2. The SMILES string of the molecule is O=C(c1ccc2ccccc2c1)N1CCC(n2c(=O)[nH]c3ccccc32)CC1. The van der Waals surface area contributed by atoms with E-state index in [0.717, 1.165) is 40.2 Å². The predicted molar refractivity (Wildman–Crippen MR) is 111 cm³/mol. The summed E-state index contributed by atoms with van der Waals surface area (Å²) in [5, 5.41) is 2.21. The van der Waals surface area contributed by atoms with Gasteiger partial charge in [-0.1, -0.05) is 42.5 Å². The van der Waals surface area contributed by atoms with Crippen LogP contribution in [0.1, 0.15) is 29.2 Å². The van der Waals surface area contributed by atoms with Gasteiger partial charge in [0.2, 0.25) is 0 Å². The number of H-pyrrole nitrogens is 1. The molecular weight excluding hydrogens is 350 g/mol. The molecule has 0 unspecified atom stereocenters. The van der Waals surface area contributed by atoms with Crippen molar-refractivity contribution in [2.24, 2.45) is 0 Å². The Kier molecular flexibility index (Phi) is 4.01. The molecule has 140 valence electrons. The van der Waals surface area contributed by atoms with Crippen molar-refractivity contribution < 1.29 is 4.79 Å². The van der Waals surface area contributed by atoms with E-state index in [4.69, 9.17) is 0 Å². The zero-order chi connectivity index (χ0) is 19.1. The Morgan fingerprint density at radius 2 is 1.61 bits per heavy atom. The number of rotatable bonds is 2. The Balaban J connectivity index is 1.35. The summed E-state index contributed by atoms with van der Waals surface area (Å²) in [6, 6.07) is 21.8. The first-order valence-corrected chi connectivity index (χ1v) is 9.68. The van der Waals surface area contributed by atoms with Gasteiger partial charge in [0.15, 0.2) is 0 Å². The number of hydrogen-bond donors (Lipinski definition) is 1. The molecule has 1 amide bonds. The van der Waals surface area contributed by atoms with Crippen LogP contribution in [0.15, 0.2) is 71.5 Å². The molecule has 0 atom stereocenters. The largest absolute Gasteiger partial charge is 0.338 e. The minimum atomic E-state index is -0.0690. The van der Waals surface area contributed by atoms with Crippen LogP contribution in [0.25, 0.3) is 21.8 Å². The summed E-state index contributed by atoms with van der Waals surface area (Å²) in [4.78, 5) is 30.2. The van der Waals surface area contributed by atoms with E-state index < -0.39 is 0 Å². The average Bonchev–Trinajstić information content (AvgIpc) is 3.08. The molecule has 0 aliphatic carbocycles. The first-order valence-electron chi connectivity index (χ1n) is 9.68. The molecule has 1 fully saturated rings. The number of benzene rings is 3. The third-order valence-electron chi connectivity index (χ3n) is 5.74. The molecule has 1 N–H and O–H groups in total. The van der Waals surface area contributed by atoms with Crippen molar-refractivity contribution in [1.29, 1.82) is 0 Å². The second kappa shape index (κ2) is 6.68. The van der Waals surface area contributed by atoms with Crippen LogP contribution in [0.5, 0.6) is 0 Å². The molecule has 2 heterocycles. The van der Waals surface area contributed by atoms with Crippen molar-refractivity contribution in [3.05, 3.63) is 82.8 Å². The molecule has 1 aromatic heterocycles. The van der Waals surface area contributed by atoms with E-state index in [2.05, 4.69) is 4.98 Å². The summed E-state index contributed by atoms with van der Waals surface area (Å²) in [6.07, 6.45) is 1.56. The molecule has 3 aromatic carbocycles. The lowest BCUT2D eigenvalue weighted by molar-refractivity contribution is 0.0695. The summed E-state index contributed by atoms with van der Waals surface area (Å²) >= 11 is 0. The lowest BCUT2D eigenvalue weighted by Gasteiger charge is -2.32. The zero-order valence-electron chi connectivity index (χ0n) is 15.5. The average molecular weight is 371 g/mol. The molecule has 0 radical (unpaired) electrons. The van der Waals surface area contributed by atoms with Crippen molar-refractivity contribution in [3.63, 3.8) is 0 Å². The van der Waals surface area contributed by atoms with Gasteiger partial charge < -0.3 is 9.88 Å². The third kappa shape index (κ3) is 2.80. The molecule has 4 aromatic rings. The first kappa shape index (κ1) is 16.8. The highest BCUT2D eigenvalue weighted by atomic mass is 16.2. The van der Waals surface area contributed by atoms with Crippen molar-refractivity contribution in [2.45, 2.75) is 18.9 Å². The maximum atomic E-state index is 13.0. The molecule has 0 spiro atoms. The van der Waals surface area contributed by atoms with Crippen LogP contribution < -0.4 is 5.69 Å². The molecule has 28 heavy (non-hydrogen) atoms. The molecule has 5 rings (SSSR count). The van der Waals surface area contributed by atoms with Crippen LogP contribution in [-0.4, -0.2) is 33.4 Å².